The van der Waals surface area contributed by atoms with E-state index in [4.69, 9.17) is 0 Å². The monoisotopic (exact) mass is 401 g/mol. The highest BCUT2D eigenvalue weighted by Crippen LogP contribution is 2.32. The maximum Gasteiger partial charge on any atom is 0.416 e. The zero-order valence-corrected chi connectivity index (χ0v) is 16.6. The van der Waals surface area contributed by atoms with Crippen molar-refractivity contribution in [3.05, 3.63) is 65.2 Å². The molecule has 0 unspecified atom stereocenters. The van der Waals surface area contributed by atoms with Gasteiger partial charge in [0.1, 0.15) is 0 Å². The quantitative estimate of drug-likeness (QED) is 0.735. The van der Waals surface area contributed by atoms with Crippen LogP contribution in [0.3, 0.4) is 0 Å². The zero-order valence-electron chi connectivity index (χ0n) is 16.6. The second kappa shape index (κ2) is 8.11. The van der Waals surface area contributed by atoms with Gasteiger partial charge >= 0.3 is 6.18 Å². The fraction of sp³-hybridized carbons (Fsp3) is 0.391. The predicted molar refractivity (Wildman–Crippen MR) is 112 cm³/mol. The van der Waals surface area contributed by atoms with E-state index in [1.807, 2.05) is 0 Å². The van der Waals surface area contributed by atoms with E-state index in [1.54, 1.807) is 12.1 Å². The number of benzene rings is 2. The molecule has 4 rings (SSSR count). The minimum atomic E-state index is -4.29. The summed E-state index contributed by atoms with van der Waals surface area (Å²) in [6.07, 6.45) is -1.10. The Hall–Kier alpha value is -2.47. The molecule has 2 aliphatic rings. The van der Waals surface area contributed by atoms with Gasteiger partial charge in [0, 0.05) is 50.6 Å². The maximum absolute atomic E-state index is 12.8. The Morgan fingerprint density at radius 2 is 1.52 bits per heavy atom. The highest BCUT2D eigenvalue weighted by Gasteiger charge is 2.30. The summed E-state index contributed by atoms with van der Waals surface area (Å²) in [5.74, 6) is 0. The van der Waals surface area contributed by atoms with Gasteiger partial charge in [-0.25, -0.2) is 0 Å². The summed E-state index contributed by atoms with van der Waals surface area (Å²) in [7, 11) is 2.15. The molecule has 0 aliphatic carbocycles. The third-order valence-electron chi connectivity index (χ3n) is 5.80. The van der Waals surface area contributed by atoms with Crippen molar-refractivity contribution in [1.29, 1.82) is 0 Å². The van der Waals surface area contributed by atoms with Crippen LogP contribution < -0.4 is 9.80 Å². The standard InChI is InChI=1S/C23H26F3N3/c1-27-12-14-28(15-13-27)22-5-3-2-4-19(22)16-18-10-11-29(17-18)21-8-6-20(7-9-21)23(24,25)26/h2-9,16H,10-15,17H2,1H3. The van der Waals surface area contributed by atoms with Crippen LogP contribution in [0.15, 0.2) is 54.1 Å². The number of rotatable bonds is 3. The largest absolute Gasteiger partial charge is 0.416 e. The van der Waals surface area contributed by atoms with Crippen LogP contribution in [0.5, 0.6) is 0 Å². The average Bonchev–Trinajstić information content (AvgIpc) is 3.17. The summed E-state index contributed by atoms with van der Waals surface area (Å²) >= 11 is 0. The van der Waals surface area contributed by atoms with E-state index in [2.05, 4.69) is 52.1 Å². The van der Waals surface area contributed by atoms with E-state index in [9.17, 15) is 13.2 Å². The molecule has 0 saturated carbocycles. The third-order valence-corrected chi connectivity index (χ3v) is 5.80. The molecule has 2 heterocycles. The second-order valence-corrected chi connectivity index (χ2v) is 7.87. The van der Waals surface area contributed by atoms with Gasteiger partial charge in [0.05, 0.1) is 5.56 Å². The molecule has 29 heavy (non-hydrogen) atoms. The number of hydrogen-bond donors (Lipinski definition) is 0. The van der Waals surface area contributed by atoms with E-state index in [1.165, 1.54) is 29.0 Å². The molecule has 0 N–H and O–H groups in total. The van der Waals surface area contributed by atoms with Crippen LogP contribution in [0.2, 0.25) is 0 Å². The van der Waals surface area contributed by atoms with Gasteiger partial charge < -0.3 is 14.7 Å². The summed E-state index contributed by atoms with van der Waals surface area (Å²) in [6.45, 7) is 5.75. The molecule has 0 amide bonds. The lowest BCUT2D eigenvalue weighted by atomic mass is 10.1. The van der Waals surface area contributed by atoms with Crippen LogP contribution in [0.4, 0.5) is 24.5 Å². The number of anilines is 2. The van der Waals surface area contributed by atoms with Gasteiger partial charge in [-0.15, -0.1) is 0 Å². The van der Waals surface area contributed by atoms with Gasteiger partial charge in [0.15, 0.2) is 0 Å². The van der Waals surface area contributed by atoms with Gasteiger partial charge in [-0.2, -0.15) is 13.2 Å². The highest BCUT2D eigenvalue weighted by molar-refractivity contribution is 5.70. The zero-order chi connectivity index (χ0) is 20.4. The van der Waals surface area contributed by atoms with Crippen molar-refractivity contribution in [2.75, 3.05) is 56.1 Å². The topological polar surface area (TPSA) is 9.72 Å². The van der Waals surface area contributed by atoms with Crippen LogP contribution in [-0.4, -0.2) is 51.2 Å². The van der Waals surface area contributed by atoms with Crippen LogP contribution in [0, 0.1) is 0 Å². The number of piperazine rings is 1. The molecule has 6 heteroatoms. The minimum Gasteiger partial charge on any atom is -0.368 e. The van der Waals surface area contributed by atoms with Crippen molar-refractivity contribution in [3.63, 3.8) is 0 Å². The normalized spacial score (nSPS) is 19.9. The molecule has 0 aromatic heterocycles. The lowest BCUT2D eigenvalue weighted by Gasteiger charge is -2.35. The molecule has 2 aliphatic heterocycles. The van der Waals surface area contributed by atoms with Gasteiger partial charge in [-0.1, -0.05) is 24.3 Å². The molecule has 2 fully saturated rings. The summed E-state index contributed by atoms with van der Waals surface area (Å²) in [6, 6.07) is 14.0. The van der Waals surface area contributed by atoms with E-state index in [-0.39, 0.29) is 0 Å². The van der Waals surface area contributed by atoms with Crippen molar-refractivity contribution in [1.82, 2.24) is 4.90 Å². The molecule has 0 spiro atoms. The smallest absolute Gasteiger partial charge is 0.368 e. The van der Waals surface area contributed by atoms with Crippen molar-refractivity contribution in [3.8, 4) is 0 Å². The summed E-state index contributed by atoms with van der Waals surface area (Å²) in [5, 5.41) is 0. The molecule has 0 atom stereocenters. The van der Waals surface area contributed by atoms with Crippen molar-refractivity contribution in [2.45, 2.75) is 12.6 Å². The maximum atomic E-state index is 12.8. The molecule has 2 aromatic carbocycles. The fourth-order valence-electron chi connectivity index (χ4n) is 4.05. The molecular weight excluding hydrogens is 375 g/mol. The number of nitrogens with zero attached hydrogens (tertiary/aromatic N) is 3. The Labute approximate surface area is 170 Å². The van der Waals surface area contributed by atoms with Crippen LogP contribution >= 0.6 is 0 Å². The van der Waals surface area contributed by atoms with E-state index >= 15 is 0 Å². The van der Waals surface area contributed by atoms with E-state index in [0.29, 0.717) is 0 Å². The Kier molecular flexibility index (Phi) is 5.54. The van der Waals surface area contributed by atoms with Crippen molar-refractivity contribution >= 4 is 17.5 Å². The van der Waals surface area contributed by atoms with Gasteiger partial charge in [-0.05, 0) is 54.9 Å². The first-order valence-corrected chi connectivity index (χ1v) is 10.0. The third kappa shape index (κ3) is 4.58. The molecule has 3 nitrogen and oxygen atoms in total. The Morgan fingerprint density at radius 1 is 0.828 bits per heavy atom. The molecule has 0 radical (unpaired) electrons. The molecule has 0 bridgehead atoms. The minimum absolute atomic E-state index is 0.600. The first-order chi connectivity index (χ1) is 13.9. The van der Waals surface area contributed by atoms with Crippen LogP contribution in [-0.2, 0) is 6.18 Å². The van der Waals surface area contributed by atoms with Gasteiger partial charge in [0.2, 0.25) is 0 Å². The number of para-hydroxylation sites is 1. The molecule has 2 saturated heterocycles. The number of hydrogen-bond acceptors (Lipinski definition) is 3. The van der Waals surface area contributed by atoms with Crippen molar-refractivity contribution < 1.29 is 13.2 Å². The first-order valence-electron chi connectivity index (χ1n) is 10.0. The van der Waals surface area contributed by atoms with Gasteiger partial charge in [0.25, 0.3) is 0 Å². The van der Waals surface area contributed by atoms with E-state index < -0.39 is 11.7 Å². The average molecular weight is 401 g/mol. The first kappa shape index (κ1) is 19.8. The number of alkyl halides is 3. The van der Waals surface area contributed by atoms with E-state index in [0.717, 1.165) is 51.4 Å². The molecular formula is C23H26F3N3. The fourth-order valence-corrected chi connectivity index (χ4v) is 4.05. The Balaban J connectivity index is 1.48. The Morgan fingerprint density at radius 3 is 2.21 bits per heavy atom. The predicted octanol–water partition coefficient (Wildman–Crippen LogP) is 4.75. The summed E-state index contributed by atoms with van der Waals surface area (Å²) in [5.41, 5.74) is 4.04. The van der Waals surface area contributed by atoms with Crippen LogP contribution in [0.25, 0.3) is 6.08 Å². The lowest BCUT2D eigenvalue weighted by molar-refractivity contribution is -0.137. The molecule has 154 valence electrons. The van der Waals surface area contributed by atoms with Gasteiger partial charge in [-0.3, -0.25) is 0 Å². The van der Waals surface area contributed by atoms with Crippen molar-refractivity contribution in [2.24, 2.45) is 0 Å². The lowest BCUT2D eigenvalue weighted by Crippen LogP contribution is -2.44. The number of halogens is 3. The summed E-state index contributed by atoms with van der Waals surface area (Å²) < 4.78 is 38.4. The summed E-state index contributed by atoms with van der Waals surface area (Å²) in [4.78, 5) is 6.93. The highest BCUT2D eigenvalue weighted by atomic mass is 19.4. The SMILES string of the molecule is CN1CCN(c2ccccc2C=C2CCN(c3ccc(C(F)(F)F)cc3)C2)CC1. The second-order valence-electron chi connectivity index (χ2n) is 7.87. The molecule has 2 aromatic rings. The number of likely N-dealkylation sites (N-methyl/N-ethyl adjacent to an activating group) is 1. The Bertz CT molecular complexity index is 866. The van der Waals surface area contributed by atoms with Crippen LogP contribution in [0.1, 0.15) is 17.5 Å².